The van der Waals surface area contributed by atoms with E-state index in [0.717, 1.165) is 57.8 Å². The van der Waals surface area contributed by atoms with E-state index in [1.807, 2.05) is 24.3 Å². The highest BCUT2D eigenvalue weighted by Crippen LogP contribution is 2.36. The van der Waals surface area contributed by atoms with Gasteiger partial charge in [0.15, 0.2) is 0 Å². The molecule has 4 aromatic rings. The van der Waals surface area contributed by atoms with Crippen molar-refractivity contribution < 1.29 is 13.2 Å². The highest BCUT2D eigenvalue weighted by atomic mass is 127. The summed E-state index contributed by atoms with van der Waals surface area (Å²) in [5, 5.41) is 7.62. The first-order valence-corrected chi connectivity index (χ1v) is 19.0. The maximum atomic E-state index is 12.4. The number of likely N-dealkylation sites (N-methyl/N-ethyl adjacent to an activating group) is 1. The van der Waals surface area contributed by atoms with Crippen molar-refractivity contribution in [3.8, 4) is 5.75 Å². The minimum atomic E-state index is -3.51. The van der Waals surface area contributed by atoms with Crippen LogP contribution in [0.5, 0.6) is 5.75 Å². The summed E-state index contributed by atoms with van der Waals surface area (Å²) in [5.74, 6) is 1.38. The zero-order valence-electron chi connectivity index (χ0n) is 24.6. The van der Waals surface area contributed by atoms with E-state index in [4.69, 9.17) is 26.3 Å². The van der Waals surface area contributed by atoms with Crippen molar-refractivity contribution in [3.63, 3.8) is 0 Å². The van der Waals surface area contributed by atoms with Gasteiger partial charge in [-0.1, -0.05) is 29.8 Å². The Morgan fingerprint density at radius 3 is 2.39 bits per heavy atom. The Bertz CT molecular complexity index is 1760. The molecule has 0 bridgehead atoms. The van der Waals surface area contributed by atoms with E-state index in [1.165, 1.54) is 21.2 Å². The molecule has 3 heterocycles. The normalized spacial score (nSPS) is 17.1. The Morgan fingerprint density at radius 2 is 1.66 bits per heavy atom. The minimum Gasteiger partial charge on any atom is -0.494 e. The number of anilines is 5. The Balaban J connectivity index is 1.24. The quantitative estimate of drug-likeness (QED) is 0.162. The highest BCUT2D eigenvalue weighted by Gasteiger charge is 2.27. The van der Waals surface area contributed by atoms with Gasteiger partial charge in [-0.15, -0.1) is 0 Å². The number of benzene rings is 3. The van der Waals surface area contributed by atoms with Crippen molar-refractivity contribution in [1.29, 1.82) is 0 Å². The molecule has 13 heteroatoms. The predicted octanol–water partition coefficient (Wildman–Crippen LogP) is 6.12. The third-order valence-corrected chi connectivity index (χ3v) is 11.0. The Kier molecular flexibility index (Phi) is 9.34. The fourth-order valence-corrected chi connectivity index (χ4v) is 7.95. The zero-order valence-corrected chi connectivity index (χ0v) is 28.4. The van der Waals surface area contributed by atoms with Crippen molar-refractivity contribution in [1.82, 2.24) is 19.8 Å². The first-order valence-electron chi connectivity index (χ1n) is 14.6. The second-order valence-electron chi connectivity index (χ2n) is 11.2. The Morgan fingerprint density at radius 1 is 0.909 bits per heavy atom. The summed E-state index contributed by atoms with van der Waals surface area (Å²) in [4.78, 5) is 17.1. The van der Waals surface area contributed by atoms with Crippen LogP contribution in [0.25, 0.3) is 10.9 Å². The van der Waals surface area contributed by atoms with Crippen molar-refractivity contribution in [2.24, 2.45) is 0 Å². The zero-order chi connectivity index (χ0) is 30.8. The molecule has 0 atom stereocenters. The number of aromatic nitrogens is 2. The third-order valence-electron chi connectivity index (χ3n) is 8.40. The van der Waals surface area contributed by atoms with Gasteiger partial charge in [0, 0.05) is 62.5 Å². The van der Waals surface area contributed by atoms with Crippen LogP contribution in [0.4, 0.5) is 28.8 Å². The maximum absolute atomic E-state index is 12.4. The van der Waals surface area contributed by atoms with E-state index >= 15 is 0 Å². The number of hydrogen-bond donors (Lipinski definition) is 2. The summed E-state index contributed by atoms with van der Waals surface area (Å²) in [6.07, 6.45) is 2.30. The number of piperidine rings is 1. The lowest BCUT2D eigenvalue weighted by Crippen LogP contribution is -2.52. The molecule has 6 rings (SSSR count). The van der Waals surface area contributed by atoms with E-state index in [2.05, 4.69) is 38.4 Å². The molecule has 10 nitrogen and oxygen atoms in total. The fraction of sp³-hybridized carbons (Fsp3) is 0.355. The fourth-order valence-electron chi connectivity index (χ4n) is 5.95. The second-order valence-corrected chi connectivity index (χ2v) is 16.4. The molecule has 0 saturated carbocycles. The number of nitrogens with one attached hydrogen (secondary N) is 2. The molecule has 232 valence electrons. The molecule has 2 aliphatic rings. The van der Waals surface area contributed by atoms with Gasteiger partial charge in [0.2, 0.25) is 13.0 Å². The van der Waals surface area contributed by atoms with Crippen LogP contribution < -0.4 is 20.3 Å². The second kappa shape index (κ2) is 13.2. The lowest BCUT2D eigenvalue weighted by atomic mass is 10.0. The van der Waals surface area contributed by atoms with Crippen molar-refractivity contribution in [2.45, 2.75) is 23.8 Å². The number of ether oxygens (including phenoxy) is 1. The number of halogens is 2. The van der Waals surface area contributed by atoms with Crippen LogP contribution in [-0.2, 0) is 7.01 Å². The molecule has 2 aliphatic heterocycles. The molecule has 0 spiro atoms. The molecule has 2 fully saturated rings. The average Bonchev–Trinajstić information content (AvgIpc) is 3.02. The lowest BCUT2D eigenvalue weighted by molar-refractivity contribution is 0.0982. The van der Waals surface area contributed by atoms with Crippen LogP contribution in [0.1, 0.15) is 12.8 Å². The number of piperazine rings is 1. The molecule has 1 aromatic heterocycles. The molecule has 0 unspecified atom stereocenters. The molecule has 2 N–H and O–H groups in total. The number of para-hydroxylation sites is 2. The Hall–Kier alpha value is -2.91. The summed E-state index contributed by atoms with van der Waals surface area (Å²) in [7, 11) is 0.338. The van der Waals surface area contributed by atoms with Crippen molar-refractivity contribution in [2.75, 3.05) is 69.0 Å². The molecule has 0 radical (unpaired) electrons. The number of methoxy groups -OCH3 is 1. The summed E-state index contributed by atoms with van der Waals surface area (Å²) in [6, 6.07) is 18.9. The largest absolute Gasteiger partial charge is 0.494 e. The molecule has 0 aliphatic carbocycles. The van der Waals surface area contributed by atoms with E-state index < -0.39 is 7.01 Å². The van der Waals surface area contributed by atoms with Gasteiger partial charge in [0.05, 0.1) is 50.2 Å². The minimum absolute atomic E-state index is 0.161. The highest BCUT2D eigenvalue weighted by molar-refractivity contribution is 14.2. The van der Waals surface area contributed by atoms with Crippen LogP contribution in [-0.4, -0.2) is 87.7 Å². The molecule has 44 heavy (non-hydrogen) atoms. The summed E-state index contributed by atoms with van der Waals surface area (Å²) < 4.78 is 30.7. The van der Waals surface area contributed by atoms with Crippen molar-refractivity contribution >= 4 is 79.5 Å². The van der Waals surface area contributed by atoms with Crippen molar-refractivity contribution in [3.05, 3.63) is 65.7 Å². The SMILES string of the molecule is COc1cc(N2CCC(N3CCN(C)CC3)CC2)ccc1Nc1nc(Nc2ccccc2S(=O)(=O)I)c2cccc(Cl)c2n1. The van der Waals surface area contributed by atoms with Crippen LogP contribution in [0.2, 0.25) is 5.02 Å². The van der Waals surface area contributed by atoms with E-state index in [1.54, 1.807) is 37.4 Å². The monoisotopic (exact) mass is 747 g/mol. The number of rotatable bonds is 8. The molecule has 3 aromatic carbocycles. The van der Waals surface area contributed by atoms with Crippen LogP contribution in [0.15, 0.2) is 65.6 Å². The number of fused-ring (bicyclic) bond motifs is 1. The average molecular weight is 748 g/mol. The smallest absolute Gasteiger partial charge is 0.233 e. The molecule has 0 amide bonds. The number of hydrogen-bond acceptors (Lipinski definition) is 10. The summed E-state index contributed by atoms with van der Waals surface area (Å²) in [6.45, 7) is 6.59. The third kappa shape index (κ3) is 6.84. The van der Waals surface area contributed by atoms with Crippen LogP contribution in [0.3, 0.4) is 0 Å². The van der Waals surface area contributed by atoms with Gasteiger partial charge >= 0.3 is 0 Å². The standard InChI is InChI=1S/C31H35ClIN7O3S/c1-38-16-18-40(19-17-38)21-12-14-39(15-13-21)22-10-11-25(27(20-22)43-2)35-31-36-29-23(6-5-7-24(29)32)30(37-31)34-26-8-3-4-9-28(26)44(33,41)42/h3-11,20-21H,12-19H2,1-2H3,(H2,34,35,36,37). The van der Waals surface area contributed by atoms with Gasteiger partial charge in [-0.05, 0) is 56.3 Å². The van der Waals surface area contributed by atoms with Gasteiger partial charge in [-0.2, -0.15) is 4.98 Å². The first kappa shape index (κ1) is 31.1. The summed E-state index contributed by atoms with van der Waals surface area (Å²) >= 11 is 8.00. The lowest BCUT2D eigenvalue weighted by Gasteiger charge is -2.42. The van der Waals surface area contributed by atoms with Gasteiger partial charge in [0.25, 0.3) is 0 Å². The van der Waals surface area contributed by atoms with E-state index in [0.29, 0.717) is 50.9 Å². The number of nitrogens with zero attached hydrogens (tertiary/aromatic N) is 5. The maximum Gasteiger partial charge on any atom is 0.233 e. The molecular formula is C31H35ClIN7O3S. The van der Waals surface area contributed by atoms with Gasteiger partial charge < -0.3 is 25.2 Å². The molecular weight excluding hydrogens is 713 g/mol. The topological polar surface area (TPSA) is 103 Å². The van der Waals surface area contributed by atoms with E-state index in [-0.39, 0.29) is 4.90 Å². The van der Waals surface area contributed by atoms with Gasteiger partial charge in [-0.25, -0.2) is 13.4 Å². The summed E-state index contributed by atoms with van der Waals surface area (Å²) in [5.41, 5.74) is 2.76. The first-order chi connectivity index (χ1) is 21.2. The van der Waals surface area contributed by atoms with Gasteiger partial charge in [-0.3, -0.25) is 4.90 Å². The van der Waals surface area contributed by atoms with Crippen LogP contribution in [0, 0.1) is 0 Å². The Labute approximate surface area is 275 Å². The predicted molar refractivity (Wildman–Crippen MR) is 186 cm³/mol. The van der Waals surface area contributed by atoms with E-state index in [9.17, 15) is 8.42 Å². The molecule has 2 saturated heterocycles. The van der Waals surface area contributed by atoms with Gasteiger partial charge in [0.1, 0.15) is 16.5 Å². The van der Waals surface area contributed by atoms with Crippen LogP contribution >= 0.6 is 32.8 Å².